The van der Waals surface area contributed by atoms with E-state index in [-0.39, 0.29) is 22.8 Å². The number of nitrogens with zero attached hydrogens (tertiary/aromatic N) is 2. The Morgan fingerprint density at radius 2 is 1.58 bits per heavy atom. The molecule has 0 unspecified atom stereocenters. The SMILES string of the molecule is Cc1ccccc1C(=O)Nc1cccc2c(S(=O)(=O)NC3CCN(C(=O)c4ccccn4)CC3)cccc12. The number of nitrogens with one attached hydrogen (secondary N) is 2. The lowest BCUT2D eigenvalue weighted by atomic mass is 10.1. The molecule has 38 heavy (non-hydrogen) atoms. The quantitative estimate of drug-likeness (QED) is 0.386. The van der Waals surface area contributed by atoms with Gasteiger partial charge >= 0.3 is 0 Å². The predicted molar refractivity (Wildman–Crippen MR) is 147 cm³/mol. The van der Waals surface area contributed by atoms with Crippen molar-refractivity contribution in [2.24, 2.45) is 0 Å². The highest BCUT2D eigenvalue weighted by Gasteiger charge is 2.28. The van der Waals surface area contributed by atoms with Crippen LogP contribution in [0.5, 0.6) is 0 Å². The van der Waals surface area contributed by atoms with Gasteiger partial charge < -0.3 is 10.2 Å². The number of carbonyl (C=O) groups excluding carboxylic acids is 2. The second-order valence-corrected chi connectivity index (χ2v) is 11.0. The first-order chi connectivity index (χ1) is 18.3. The Morgan fingerprint density at radius 3 is 2.32 bits per heavy atom. The van der Waals surface area contributed by atoms with Crippen LogP contribution in [0.2, 0.25) is 0 Å². The van der Waals surface area contributed by atoms with E-state index < -0.39 is 10.0 Å². The second-order valence-electron chi connectivity index (χ2n) is 9.33. The Labute approximate surface area is 221 Å². The van der Waals surface area contributed by atoms with Crippen LogP contribution in [0.4, 0.5) is 5.69 Å². The molecule has 0 bridgehead atoms. The molecule has 0 spiro atoms. The third kappa shape index (κ3) is 5.29. The third-order valence-electron chi connectivity index (χ3n) is 6.80. The number of rotatable bonds is 6. The van der Waals surface area contributed by atoms with Crippen molar-refractivity contribution >= 4 is 38.3 Å². The molecule has 1 aliphatic rings. The number of hydrogen-bond donors (Lipinski definition) is 2. The Morgan fingerprint density at radius 1 is 0.868 bits per heavy atom. The van der Waals surface area contributed by atoms with Gasteiger partial charge in [-0.05, 0) is 55.7 Å². The number of likely N-dealkylation sites (tertiary alicyclic amines) is 1. The summed E-state index contributed by atoms with van der Waals surface area (Å²) in [4.78, 5) is 31.6. The minimum Gasteiger partial charge on any atom is -0.337 e. The van der Waals surface area contributed by atoms with Gasteiger partial charge in [0.15, 0.2) is 0 Å². The molecule has 2 N–H and O–H groups in total. The first-order valence-corrected chi connectivity index (χ1v) is 13.9. The van der Waals surface area contributed by atoms with Crippen molar-refractivity contribution in [3.63, 3.8) is 0 Å². The van der Waals surface area contributed by atoms with Crippen LogP contribution in [-0.2, 0) is 10.0 Å². The smallest absolute Gasteiger partial charge is 0.272 e. The molecule has 0 saturated carbocycles. The molecule has 5 rings (SSSR count). The normalized spacial score (nSPS) is 14.4. The Balaban J connectivity index is 1.32. The number of piperidine rings is 1. The van der Waals surface area contributed by atoms with E-state index >= 15 is 0 Å². The van der Waals surface area contributed by atoms with Crippen LogP contribution in [0.1, 0.15) is 39.3 Å². The summed E-state index contributed by atoms with van der Waals surface area (Å²) in [7, 11) is -3.86. The van der Waals surface area contributed by atoms with Crippen LogP contribution in [0.3, 0.4) is 0 Å². The zero-order valence-corrected chi connectivity index (χ0v) is 21.7. The Kier molecular flexibility index (Phi) is 7.22. The van der Waals surface area contributed by atoms with Gasteiger partial charge in [-0.15, -0.1) is 0 Å². The number of benzene rings is 3. The highest BCUT2D eigenvalue weighted by molar-refractivity contribution is 7.89. The lowest BCUT2D eigenvalue weighted by molar-refractivity contribution is 0.0705. The van der Waals surface area contributed by atoms with E-state index in [1.807, 2.05) is 19.1 Å². The summed E-state index contributed by atoms with van der Waals surface area (Å²) in [6.07, 6.45) is 2.58. The van der Waals surface area contributed by atoms with Gasteiger partial charge in [-0.2, -0.15) is 0 Å². The van der Waals surface area contributed by atoms with Crippen molar-refractivity contribution in [1.82, 2.24) is 14.6 Å². The van der Waals surface area contributed by atoms with Crippen molar-refractivity contribution in [2.75, 3.05) is 18.4 Å². The molecule has 1 aromatic heterocycles. The summed E-state index contributed by atoms with van der Waals surface area (Å²) < 4.78 is 29.8. The zero-order chi connectivity index (χ0) is 26.7. The zero-order valence-electron chi connectivity index (χ0n) is 20.9. The predicted octanol–water partition coefficient (Wildman–Crippen LogP) is 4.38. The van der Waals surface area contributed by atoms with E-state index in [1.54, 1.807) is 77.8 Å². The molecule has 1 aliphatic heterocycles. The van der Waals surface area contributed by atoms with Gasteiger partial charge in [0, 0.05) is 47.4 Å². The summed E-state index contributed by atoms with van der Waals surface area (Å²) in [6, 6.07) is 22.5. The Hall–Kier alpha value is -4.08. The number of aromatic nitrogens is 1. The standard InChI is InChI=1S/C29H28N4O4S/c1-20-8-2-3-9-22(20)28(34)31-25-13-6-11-24-23(25)10-7-14-27(24)38(36,37)32-21-15-18-33(19-16-21)29(35)26-12-4-5-17-30-26/h2-14,17,21,32H,15-16,18-19H2,1H3,(H,31,34). The monoisotopic (exact) mass is 528 g/mol. The van der Waals surface area contributed by atoms with Crippen molar-refractivity contribution in [3.8, 4) is 0 Å². The first kappa shape index (κ1) is 25.6. The fourth-order valence-corrected chi connectivity index (χ4v) is 6.30. The largest absolute Gasteiger partial charge is 0.337 e. The van der Waals surface area contributed by atoms with E-state index in [9.17, 15) is 18.0 Å². The van der Waals surface area contributed by atoms with E-state index in [4.69, 9.17) is 0 Å². The van der Waals surface area contributed by atoms with Crippen molar-refractivity contribution in [1.29, 1.82) is 0 Å². The maximum Gasteiger partial charge on any atom is 0.272 e. The van der Waals surface area contributed by atoms with E-state index in [2.05, 4.69) is 15.0 Å². The van der Waals surface area contributed by atoms with Crippen LogP contribution in [0, 0.1) is 6.92 Å². The minimum absolute atomic E-state index is 0.147. The van der Waals surface area contributed by atoms with Gasteiger partial charge in [0.25, 0.3) is 11.8 Å². The number of amides is 2. The highest BCUT2D eigenvalue weighted by Crippen LogP contribution is 2.30. The fourth-order valence-electron chi connectivity index (χ4n) is 4.78. The molecule has 4 aromatic rings. The van der Waals surface area contributed by atoms with E-state index in [0.717, 1.165) is 5.56 Å². The summed E-state index contributed by atoms with van der Waals surface area (Å²) in [6.45, 7) is 2.74. The van der Waals surface area contributed by atoms with Gasteiger partial charge in [0.2, 0.25) is 10.0 Å². The number of aryl methyl sites for hydroxylation is 1. The fraction of sp³-hybridized carbons (Fsp3) is 0.207. The van der Waals surface area contributed by atoms with E-state index in [1.165, 1.54) is 0 Å². The highest BCUT2D eigenvalue weighted by atomic mass is 32.2. The van der Waals surface area contributed by atoms with Gasteiger partial charge in [-0.1, -0.05) is 48.5 Å². The molecule has 194 valence electrons. The van der Waals surface area contributed by atoms with E-state index in [0.29, 0.717) is 53.6 Å². The second kappa shape index (κ2) is 10.7. The number of fused-ring (bicyclic) bond motifs is 1. The molecule has 9 heteroatoms. The molecule has 2 heterocycles. The summed E-state index contributed by atoms with van der Waals surface area (Å²) in [5, 5.41) is 4.09. The molecular weight excluding hydrogens is 500 g/mol. The van der Waals surface area contributed by atoms with Crippen LogP contribution in [0.25, 0.3) is 10.8 Å². The number of hydrogen-bond acceptors (Lipinski definition) is 5. The summed E-state index contributed by atoms with van der Waals surface area (Å²) >= 11 is 0. The number of anilines is 1. The third-order valence-corrected chi connectivity index (χ3v) is 8.38. The molecule has 8 nitrogen and oxygen atoms in total. The lowest BCUT2D eigenvalue weighted by Gasteiger charge is -2.32. The van der Waals surface area contributed by atoms with Gasteiger partial charge in [-0.3, -0.25) is 14.6 Å². The summed E-state index contributed by atoms with van der Waals surface area (Å²) in [5.74, 6) is -0.407. The molecule has 3 aromatic carbocycles. The van der Waals surface area contributed by atoms with Gasteiger partial charge in [0.1, 0.15) is 5.69 Å². The molecule has 0 atom stereocenters. The van der Waals surface area contributed by atoms with Crippen LogP contribution < -0.4 is 10.0 Å². The molecule has 0 aliphatic carbocycles. The molecule has 2 amide bonds. The average molecular weight is 529 g/mol. The molecular formula is C29H28N4O4S. The van der Waals surface area contributed by atoms with Crippen molar-refractivity contribution in [2.45, 2.75) is 30.7 Å². The maximum atomic E-state index is 13.5. The Bertz CT molecular complexity index is 1600. The number of pyridine rings is 1. The van der Waals surface area contributed by atoms with Gasteiger partial charge in [0.05, 0.1) is 4.90 Å². The molecule has 0 radical (unpaired) electrons. The van der Waals surface area contributed by atoms with Gasteiger partial charge in [-0.25, -0.2) is 13.1 Å². The van der Waals surface area contributed by atoms with Crippen LogP contribution in [0.15, 0.2) is 90.0 Å². The van der Waals surface area contributed by atoms with Crippen LogP contribution in [-0.4, -0.2) is 49.2 Å². The summed E-state index contributed by atoms with van der Waals surface area (Å²) in [5.41, 5.74) is 2.33. The minimum atomic E-state index is -3.86. The van der Waals surface area contributed by atoms with Crippen LogP contribution >= 0.6 is 0 Å². The van der Waals surface area contributed by atoms with Crippen molar-refractivity contribution in [3.05, 3.63) is 102 Å². The number of carbonyl (C=O) groups is 2. The first-order valence-electron chi connectivity index (χ1n) is 12.4. The van der Waals surface area contributed by atoms with Crippen molar-refractivity contribution < 1.29 is 18.0 Å². The number of sulfonamides is 1. The lowest BCUT2D eigenvalue weighted by Crippen LogP contribution is -2.46. The maximum absolute atomic E-state index is 13.5. The topological polar surface area (TPSA) is 108 Å². The molecule has 1 saturated heterocycles. The average Bonchev–Trinajstić information content (AvgIpc) is 2.93. The molecule has 1 fully saturated rings.